The lowest BCUT2D eigenvalue weighted by atomic mass is 9.92. The third-order valence-corrected chi connectivity index (χ3v) is 6.01. The summed E-state index contributed by atoms with van der Waals surface area (Å²) >= 11 is 0. The molecule has 3 rings (SSSR count). The first kappa shape index (κ1) is 18.9. The topological polar surface area (TPSA) is 57.6 Å². The van der Waals surface area contributed by atoms with E-state index in [-0.39, 0.29) is 11.8 Å². The molecule has 1 N–H and O–H groups in total. The van der Waals surface area contributed by atoms with Crippen LogP contribution in [0.4, 0.5) is 5.69 Å². The van der Waals surface area contributed by atoms with Gasteiger partial charge >= 0.3 is 0 Å². The summed E-state index contributed by atoms with van der Waals surface area (Å²) in [7, 11) is -3.88. The van der Waals surface area contributed by atoms with Crippen molar-refractivity contribution in [3.63, 3.8) is 0 Å². The van der Waals surface area contributed by atoms with Crippen molar-refractivity contribution in [3.05, 3.63) is 54.1 Å². The highest BCUT2D eigenvalue weighted by atomic mass is 32.2. The van der Waals surface area contributed by atoms with Crippen molar-refractivity contribution < 1.29 is 13.0 Å². The summed E-state index contributed by atoms with van der Waals surface area (Å²) in [6.07, 6.45) is 6.69. The van der Waals surface area contributed by atoms with Gasteiger partial charge in [-0.15, -0.1) is 0 Å². The first-order chi connectivity index (χ1) is 12.4. The maximum Gasteiger partial charge on any atom is 0.264 e. The maximum absolute atomic E-state index is 11.0. The Labute approximate surface area is 156 Å². The lowest BCUT2D eigenvalue weighted by Crippen LogP contribution is -2.33. The second-order valence-electron chi connectivity index (χ2n) is 7.02. The molecule has 2 unspecified atom stereocenters. The van der Waals surface area contributed by atoms with Crippen molar-refractivity contribution in [2.45, 2.75) is 45.1 Å². The van der Waals surface area contributed by atoms with Crippen LogP contribution in [0.2, 0.25) is 0 Å². The van der Waals surface area contributed by atoms with Gasteiger partial charge in [-0.2, -0.15) is 8.42 Å². The molecule has 0 saturated heterocycles. The third kappa shape index (κ3) is 3.94. The fraction of sp³-hybridized carbons (Fsp3) is 0.429. The van der Waals surface area contributed by atoms with E-state index in [4.69, 9.17) is 4.55 Å². The molecule has 5 heteroatoms. The normalized spacial score (nSPS) is 20.2. The highest BCUT2D eigenvalue weighted by Gasteiger charge is 2.34. The van der Waals surface area contributed by atoms with Crippen LogP contribution in [0.1, 0.15) is 44.6 Å². The van der Waals surface area contributed by atoms with Gasteiger partial charge in [-0.3, -0.25) is 4.55 Å². The van der Waals surface area contributed by atoms with Gasteiger partial charge in [-0.1, -0.05) is 56.3 Å². The number of anilines is 1. The van der Waals surface area contributed by atoms with Crippen molar-refractivity contribution in [1.29, 1.82) is 0 Å². The second kappa shape index (κ2) is 7.80. The summed E-state index contributed by atoms with van der Waals surface area (Å²) in [5, 5.41) is 2.55. The number of nitrogens with zero attached hydrogens (tertiary/aromatic N) is 1. The molecule has 1 aliphatic heterocycles. The molecule has 0 fully saturated rings. The summed E-state index contributed by atoms with van der Waals surface area (Å²) in [5.74, 6) is 0.205. The van der Waals surface area contributed by atoms with E-state index >= 15 is 0 Å². The van der Waals surface area contributed by atoms with Crippen molar-refractivity contribution in [1.82, 2.24) is 0 Å². The third-order valence-electron chi connectivity index (χ3n) is 5.20. The van der Waals surface area contributed by atoms with Crippen molar-refractivity contribution in [2.75, 3.05) is 17.2 Å². The first-order valence-electron chi connectivity index (χ1n) is 9.32. The van der Waals surface area contributed by atoms with E-state index < -0.39 is 10.1 Å². The van der Waals surface area contributed by atoms with Crippen LogP contribution in [0, 0.1) is 0 Å². The molecule has 0 saturated carbocycles. The SMILES string of the molecule is CC/C=C/C1C(C)c2c(ccc3ccccc23)N1CCCCS(=O)(=O)O. The van der Waals surface area contributed by atoms with Crippen molar-refractivity contribution in [2.24, 2.45) is 0 Å². The Morgan fingerprint density at radius 1 is 1.15 bits per heavy atom. The van der Waals surface area contributed by atoms with Gasteiger partial charge in [-0.25, -0.2) is 0 Å². The van der Waals surface area contributed by atoms with E-state index in [1.807, 2.05) is 0 Å². The van der Waals surface area contributed by atoms with Crippen LogP contribution in [0.3, 0.4) is 0 Å². The van der Waals surface area contributed by atoms with Gasteiger partial charge in [0.25, 0.3) is 10.1 Å². The molecule has 2 aromatic rings. The predicted octanol–water partition coefficient (Wildman–Crippen LogP) is 4.77. The molecule has 0 amide bonds. The van der Waals surface area contributed by atoms with Crippen LogP contribution in [0.5, 0.6) is 0 Å². The Morgan fingerprint density at radius 3 is 2.65 bits per heavy atom. The number of hydrogen-bond acceptors (Lipinski definition) is 3. The quantitative estimate of drug-likeness (QED) is 0.432. The number of hydrogen-bond donors (Lipinski definition) is 1. The smallest absolute Gasteiger partial charge is 0.264 e. The zero-order chi connectivity index (χ0) is 18.7. The van der Waals surface area contributed by atoms with Gasteiger partial charge in [0.15, 0.2) is 0 Å². The van der Waals surface area contributed by atoms with Gasteiger partial charge in [0.2, 0.25) is 0 Å². The molecule has 1 heterocycles. The number of unbranched alkanes of at least 4 members (excludes halogenated alkanes) is 1. The van der Waals surface area contributed by atoms with E-state index in [1.54, 1.807) is 0 Å². The molecule has 0 bridgehead atoms. The van der Waals surface area contributed by atoms with Gasteiger partial charge in [0.1, 0.15) is 0 Å². The number of allylic oxidation sites excluding steroid dienone is 1. The van der Waals surface area contributed by atoms with E-state index in [0.717, 1.165) is 19.4 Å². The Kier molecular flexibility index (Phi) is 5.68. The lowest BCUT2D eigenvalue weighted by molar-refractivity contribution is 0.479. The molecule has 0 radical (unpaired) electrons. The zero-order valence-corrected chi connectivity index (χ0v) is 16.2. The molecule has 1 aliphatic rings. The maximum atomic E-state index is 11.0. The molecule has 0 aromatic heterocycles. The molecule has 4 nitrogen and oxygen atoms in total. The fourth-order valence-corrected chi connectivity index (χ4v) is 4.57. The summed E-state index contributed by atoms with van der Waals surface area (Å²) in [4.78, 5) is 2.39. The van der Waals surface area contributed by atoms with Crippen LogP contribution in [0.25, 0.3) is 10.8 Å². The summed E-state index contributed by atoms with van der Waals surface area (Å²) < 4.78 is 30.9. The van der Waals surface area contributed by atoms with Crippen LogP contribution in [-0.4, -0.2) is 31.3 Å². The summed E-state index contributed by atoms with van der Waals surface area (Å²) in [6, 6.07) is 13.1. The van der Waals surface area contributed by atoms with Crippen LogP contribution in [0.15, 0.2) is 48.6 Å². The number of fused-ring (bicyclic) bond motifs is 3. The monoisotopic (exact) mass is 373 g/mol. The average Bonchev–Trinajstić information content (AvgIpc) is 2.88. The van der Waals surface area contributed by atoms with Gasteiger partial charge in [-0.05, 0) is 41.7 Å². The van der Waals surface area contributed by atoms with Gasteiger partial charge < -0.3 is 4.90 Å². The Morgan fingerprint density at radius 2 is 1.92 bits per heavy atom. The fourth-order valence-electron chi connectivity index (χ4n) is 4.00. The Bertz CT molecular complexity index is 905. The first-order valence-corrected chi connectivity index (χ1v) is 10.9. The van der Waals surface area contributed by atoms with Crippen LogP contribution < -0.4 is 4.90 Å². The van der Waals surface area contributed by atoms with Gasteiger partial charge in [0, 0.05) is 18.2 Å². The van der Waals surface area contributed by atoms with E-state index in [9.17, 15) is 8.42 Å². The molecule has 0 aliphatic carbocycles. The minimum Gasteiger partial charge on any atom is -0.364 e. The van der Waals surface area contributed by atoms with Crippen LogP contribution in [-0.2, 0) is 10.1 Å². The van der Waals surface area contributed by atoms with Crippen LogP contribution >= 0.6 is 0 Å². The predicted molar refractivity (Wildman–Crippen MR) is 109 cm³/mol. The molecule has 0 spiro atoms. The standard InChI is InChI=1S/C21H27NO3S/c1-3-4-11-19-16(2)21-18-10-6-5-9-17(18)12-13-20(21)22(19)14-7-8-15-26(23,24)25/h4-6,9-13,16,19H,3,7-8,14-15H2,1-2H3,(H,23,24,25)/b11-4+. The van der Waals surface area contributed by atoms with Crippen molar-refractivity contribution in [3.8, 4) is 0 Å². The minimum atomic E-state index is -3.88. The van der Waals surface area contributed by atoms with E-state index in [0.29, 0.717) is 12.3 Å². The van der Waals surface area contributed by atoms with E-state index in [1.165, 1.54) is 22.0 Å². The summed E-state index contributed by atoms with van der Waals surface area (Å²) in [6.45, 7) is 5.19. The van der Waals surface area contributed by atoms with Gasteiger partial charge in [0.05, 0.1) is 11.8 Å². The average molecular weight is 374 g/mol. The molecule has 140 valence electrons. The highest BCUT2D eigenvalue weighted by molar-refractivity contribution is 7.85. The number of benzene rings is 2. The molecule has 26 heavy (non-hydrogen) atoms. The lowest BCUT2D eigenvalue weighted by Gasteiger charge is -2.27. The Balaban J connectivity index is 1.91. The summed E-state index contributed by atoms with van der Waals surface area (Å²) in [5.41, 5.74) is 2.62. The van der Waals surface area contributed by atoms with E-state index in [2.05, 4.69) is 67.3 Å². The van der Waals surface area contributed by atoms with Crippen molar-refractivity contribution >= 4 is 26.6 Å². The molecular weight excluding hydrogens is 346 g/mol. The highest BCUT2D eigenvalue weighted by Crippen LogP contribution is 2.45. The molecule has 2 atom stereocenters. The Hall–Kier alpha value is -1.85. The second-order valence-corrected chi connectivity index (χ2v) is 8.59. The zero-order valence-electron chi connectivity index (χ0n) is 15.4. The number of rotatable bonds is 7. The largest absolute Gasteiger partial charge is 0.364 e. The minimum absolute atomic E-state index is 0.170. The molecule has 2 aromatic carbocycles. The molecular formula is C21H27NO3S.